The summed E-state index contributed by atoms with van der Waals surface area (Å²) >= 11 is 0. The van der Waals surface area contributed by atoms with Gasteiger partial charge in [0.2, 0.25) is 0 Å². The minimum atomic E-state index is -0.651. The summed E-state index contributed by atoms with van der Waals surface area (Å²) in [5.74, 6) is -1.30. The van der Waals surface area contributed by atoms with E-state index in [0.29, 0.717) is 11.4 Å². The van der Waals surface area contributed by atoms with Gasteiger partial charge in [-0.2, -0.15) is 5.10 Å². The lowest BCUT2D eigenvalue weighted by molar-refractivity contribution is 0.247. The molecule has 0 saturated heterocycles. The molecule has 3 aromatic rings. The number of hydrogen-bond donors (Lipinski definition) is 2. The zero-order chi connectivity index (χ0) is 18.8. The van der Waals surface area contributed by atoms with Crippen LogP contribution in [0.1, 0.15) is 30.1 Å². The molecule has 1 unspecified atom stereocenters. The lowest BCUT2D eigenvalue weighted by Gasteiger charge is -2.24. The quantitative estimate of drug-likeness (QED) is 0.722. The van der Waals surface area contributed by atoms with Gasteiger partial charge in [-0.1, -0.05) is 18.2 Å². The van der Waals surface area contributed by atoms with Crippen molar-refractivity contribution >= 4 is 11.7 Å². The number of hydrogen-bond acceptors (Lipinski definition) is 2. The smallest absolute Gasteiger partial charge is 0.319 e. The van der Waals surface area contributed by atoms with Gasteiger partial charge in [-0.15, -0.1) is 0 Å². The first-order valence-corrected chi connectivity index (χ1v) is 8.76. The Kier molecular flexibility index (Phi) is 4.58. The number of carbonyl (C=O) groups excluding carboxylic acids is 1. The third kappa shape index (κ3) is 3.67. The maximum atomic E-state index is 13.6. The Morgan fingerprint density at radius 1 is 1.11 bits per heavy atom. The van der Waals surface area contributed by atoms with Gasteiger partial charge in [0.15, 0.2) is 0 Å². The highest BCUT2D eigenvalue weighted by molar-refractivity contribution is 5.89. The maximum Gasteiger partial charge on any atom is 0.319 e. The summed E-state index contributed by atoms with van der Waals surface area (Å²) in [4.78, 5) is 12.3. The van der Waals surface area contributed by atoms with Crippen molar-refractivity contribution in [3.8, 4) is 5.69 Å². The molecule has 4 rings (SSSR count). The van der Waals surface area contributed by atoms with Gasteiger partial charge in [0.25, 0.3) is 0 Å². The lowest BCUT2D eigenvalue weighted by atomic mass is 9.93. The first kappa shape index (κ1) is 17.2. The van der Waals surface area contributed by atoms with E-state index in [0.717, 1.165) is 36.6 Å². The Hall–Kier alpha value is -3.22. The van der Waals surface area contributed by atoms with Crippen LogP contribution in [0.5, 0.6) is 0 Å². The van der Waals surface area contributed by atoms with Gasteiger partial charge in [-0.25, -0.2) is 18.3 Å². The van der Waals surface area contributed by atoms with Gasteiger partial charge in [-0.3, -0.25) is 0 Å². The molecule has 138 valence electrons. The van der Waals surface area contributed by atoms with Gasteiger partial charge >= 0.3 is 6.03 Å². The number of benzene rings is 2. The Morgan fingerprint density at radius 2 is 1.85 bits per heavy atom. The molecule has 0 radical (unpaired) electrons. The number of rotatable bonds is 3. The number of nitrogens with one attached hydrogen (secondary N) is 2. The standard InChI is InChI=1S/C20H18F2N4O/c21-13-9-14(22)11-16(10-13)26-19-8-4-7-18(17(19)12-23-26)25-20(27)24-15-5-2-1-3-6-15/h1-3,5-6,9-12,18H,4,7-8H2,(H2,24,25,27). The molecule has 1 aliphatic carbocycles. The third-order valence-electron chi connectivity index (χ3n) is 4.61. The average Bonchev–Trinajstić information content (AvgIpc) is 3.07. The van der Waals surface area contributed by atoms with Crippen LogP contribution in [-0.4, -0.2) is 15.8 Å². The topological polar surface area (TPSA) is 59.0 Å². The van der Waals surface area contributed by atoms with E-state index in [1.807, 2.05) is 30.3 Å². The molecule has 1 aromatic heterocycles. The second-order valence-electron chi connectivity index (χ2n) is 6.50. The summed E-state index contributed by atoms with van der Waals surface area (Å²) in [5, 5.41) is 10.1. The molecule has 1 heterocycles. The van der Waals surface area contributed by atoms with Crippen LogP contribution in [0.2, 0.25) is 0 Å². The predicted molar refractivity (Wildman–Crippen MR) is 97.8 cm³/mol. The van der Waals surface area contributed by atoms with E-state index in [1.165, 1.54) is 12.1 Å². The number of urea groups is 1. The SMILES string of the molecule is O=C(Nc1ccccc1)NC1CCCc2c1cnn2-c1cc(F)cc(F)c1. The van der Waals surface area contributed by atoms with E-state index in [9.17, 15) is 13.6 Å². The number of carbonyl (C=O) groups is 1. The molecule has 0 bridgehead atoms. The van der Waals surface area contributed by atoms with E-state index in [1.54, 1.807) is 10.9 Å². The third-order valence-corrected chi connectivity index (χ3v) is 4.61. The van der Waals surface area contributed by atoms with Crippen molar-refractivity contribution in [1.29, 1.82) is 0 Å². The summed E-state index contributed by atoms with van der Waals surface area (Å²) in [6, 6.07) is 12.0. The van der Waals surface area contributed by atoms with Crippen molar-refractivity contribution < 1.29 is 13.6 Å². The molecule has 0 spiro atoms. The van der Waals surface area contributed by atoms with Crippen molar-refractivity contribution in [1.82, 2.24) is 15.1 Å². The summed E-state index contributed by atoms with van der Waals surface area (Å²) in [6.45, 7) is 0. The molecular weight excluding hydrogens is 350 g/mol. The van der Waals surface area contributed by atoms with Crippen LogP contribution in [-0.2, 0) is 6.42 Å². The molecule has 2 aromatic carbocycles. The van der Waals surface area contributed by atoms with Crippen LogP contribution in [0.4, 0.5) is 19.3 Å². The second-order valence-corrected chi connectivity index (χ2v) is 6.50. The van der Waals surface area contributed by atoms with Crippen molar-refractivity contribution in [3.63, 3.8) is 0 Å². The molecule has 27 heavy (non-hydrogen) atoms. The number of halogens is 2. The van der Waals surface area contributed by atoms with Crippen LogP contribution in [0.15, 0.2) is 54.7 Å². The maximum absolute atomic E-state index is 13.6. The first-order chi connectivity index (χ1) is 13.1. The molecule has 1 atom stereocenters. The fraction of sp³-hybridized carbons (Fsp3) is 0.200. The fourth-order valence-corrected chi connectivity index (χ4v) is 3.44. The average molecular weight is 368 g/mol. The molecule has 0 fully saturated rings. The van der Waals surface area contributed by atoms with Crippen molar-refractivity contribution in [2.45, 2.75) is 25.3 Å². The highest BCUT2D eigenvalue weighted by Crippen LogP contribution is 2.31. The summed E-state index contributed by atoms with van der Waals surface area (Å²) in [7, 11) is 0. The van der Waals surface area contributed by atoms with Gasteiger partial charge in [0.05, 0.1) is 17.9 Å². The number of fused-ring (bicyclic) bond motifs is 1. The zero-order valence-corrected chi connectivity index (χ0v) is 14.5. The molecular formula is C20H18F2N4O. The molecule has 7 heteroatoms. The normalized spacial score (nSPS) is 15.9. The molecule has 0 aliphatic heterocycles. The lowest BCUT2D eigenvalue weighted by Crippen LogP contribution is -2.34. The molecule has 0 saturated carbocycles. The summed E-state index contributed by atoms with van der Waals surface area (Å²) in [6.07, 6.45) is 4.00. The summed E-state index contributed by atoms with van der Waals surface area (Å²) in [5.41, 5.74) is 2.77. The van der Waals surface area contributed by atoms with E-state index < -0.39 is 11.6 Å². The van der Waals surface area contributed by atoms with Gasteiger partial charge in [-0.05, 0) is 43.5 Å². The van der Waals surface area contributed by atoms with E-state index in [2.05, 4.69) is 15.7 Å². The largest absolute Gasteiger partial charge is 0.331 e. The molecule has 2 amide bonds. The highest BCUT2D eigenvalue weighted by Gasteiger charge is 2.26. The monoisotopic (exact) mass is 368 g/mol. The minimum absolute atomic E-state index is 0.204. The zero-order valence-electron chi connectivity index (χ0n) is 14.5. The van der Waals surface area contributed by atoms with Crippen LogP contribution in [0.25, 0.3) is 5.69 Å². The van der Waals surface area contributed by atoms with E-state index >= 15 is 0 Å². The fourth-order valence-electron chi connectivity index (χ4n) is 3.44. The molecule has 2 N–H and O–H groups in total. The Balaban J connectivity index is 1.56. The predicted octanol–water partition coefficient (Wildman–Crippen LogP) is 4.35. The molecule has 5 nitrogen and oxygen atoms in total. The first-order valence-electron chi connectivity index (χ1n) is 8.76. The van der Waals surface area contributed by atoms with Crippen LogP contribution in [0, 0.1) is 11.6 Å². The van der Waals surface area contributed by atoms with E-state index in [4.69, 9.17) is 0 Å². The number of anilines is 1. The Bertz CT molecular complexity index is 951. The van der Waals surface area contributed by atoms with Crippen LogP contribution < -0.4 is 10.6 Å². The van der Waals surface area contributed by atoms with Crippen molar-refractivity contribution in [2.75, 3.05) is 5.32 Å². The summed E-state index contributed by atoms with van der Waals surface area (Å²) < 4.78 is 28.7. The van der Waals surface area contributed by atoms with Crippen molar-refractivity contribution in [2.24, 2.45) is 0 Å². The number of nitrogens with zero attached hydrogens (tertiary/aromatic N) is 2. The van der Waals surface area contributed by atoms with Crippen LogP contribution in [0.3, 0.4) is 0 Å². The Morgan fingerprint density at radius 3 is 2.59 bits per heavy atom. The van der Waals surface area contributed by atoms with E-state index in [-0.39, 0.29) is 12.1 Å². The number of para-hydroxylation sites is 1. The molecule has 1 aliphatic rings. The van der Waals surface area contributed by atoms with Gasteiger partial charge < -0.3 is 10.6 Å². The van der Waals surface area contributed by atoms with Crippen LogP contribution >= 0.6 is 0 Å². The minimum Gasteiger partial charge on any atom is -0.331 e. The van der Waals surface area contributed by atoms with Gasteiger partial charge in [0.1, 0.15) is 11.6 Å². The van der Waals surface area contributed by atoms with Crippen molar-refractivity contribution in [3.05, 3.63) is 77.6 Å². The number of aromatic nitrogens is 2. The second kappa shape index (κ2) is 7.19. The number of amides is 2. The van der Waals surface area contributed by atoms with Gasteiger partial charge in [0, 0.05) is 23.0 Å². The Labute approximate surface area is 155 Å². The highest BCUT2D eigenvalue weighted by atomic mass is 19.1.